The van der Waals surface area contributed by atoms with Gasteiger partial charge in [0, 0.05) is 24.7 Å². The van der Waals surface area contributed by atoms with Crippen LogP contribution < -0.4 is 5.32 Å². The Hall–Kier alpha value is -0.0800. The standard InChI is InChI=1S/C15H30N2/c1-12-10-17(9-8-14(2,3)4)15(5,11-16-12)13-6-7-13/h12-13,16H,6-11H2,1-5H3. The van der Waals surface area contributed by atoms with Crippen molar-refractivity contribution in [2.24, 2.45) is 11.3 Å². The molecule has 1 N–H and O–H groups in total. The molecule has 0 aromatic rings. The summed E-state index contributed by atoms with van der Waals surface area (Å²) >= 11 is 0. The molecule has 0 radical (unpaired) electrons. The van der Waals surface area contributed by atoms with E-state index in [1.165, 1.54) is 38.9 Å². The topological polar surface area (TPSA) is 15.3 Å². The smallest absolute Gasteiger partial charge is 0.0334 e. The van der Waals surface area contributed by atoms with Gasteiger partial charge in [-0.1, -0.05) is 20.8 Å². The fourth-order valence-electron chi connectivity index (χ4n) is 3.02. The molecule has 2 aliphatic rings. The zero-order chi connectivity index (χ0) is 12.7. The molecular weight excluding hydrogens is 208 g/mol. The lowest BCUT2D eigenvalue weighted by molar-refractivity contribution is 0.0299. The van der Waals surface area contributed by atoms with E-state index < -0.39 is 0 Å². The van der Waals surface area contributed by atoms with Gasteiger partial charge in [-0.15, -0.1) is 0 Å². The highest BCUT2D eigenvalue weighted by Crippen LogP contribution is 2.44. The summed E-state index contributed by atoms with van der Waals surface area (Å²) in [6.07, 6.45) is 4.19. The summed E-state index contributed by atoms with van der Waals surface area (Å²) in [5, 5.41) is 3.68. The molecule has 0 spiro atoms. The average molecular weight is 238 g/mol. The fourth-order valence-corrected chi connectivity index (χ4v) is 3.02. The molecule has 2 unspecified atom stereocenters. The van der Waals surface area contributed by atoms with Crippen molar-refractivity contribution in [1.82, 2.24) is 10.2 Å². The second-order valence-electron chi connectivity index (χ2n) is 7.67. The Labute approximate surface area is 107 Å². The molecule has 2 nitrogen and oxygen atoms in total. The van der Waals surface area contributed by atoms with Crippen LogP contribution in [0.2, 0.25) is 0 Å². The Morgan fingerprint density at radius 3 is 2.47 bits per heavy atom. The number of piperazine rings is 1. The van der Waals surface area contributed by atoms with Crippen LogP contribution in [0.15, 0.2) is 0 Å². The lowest BCUT2D eigenvalue weighted by atomic mass is 9.87. The van der Waals surface area contributed by atoms with Crippen LogP contribution in [-0.2, 0) is 0 Å². The summed E-state index contributed by atoms with van der Waals surface area (Å²) in [5.74, 6) is 0.947. The van der Waals surface area contributed by atoms with Crippen LogP contribution in [0.5, 0.6) is 0 Å². The van der Waals surface area contributed by atoms with Gasteiger partial charge in [0.05, 0.1) is 0 Å². The van der Waals surface area contributed by atoms with E-state index in [2.05, 4.69) is 44.8 Å². The van der Waals surface area contributed by atoms with Crippen molar-refractivity contribution in [2.45, 2.75) is 65.5 Å². The summed E-state index contributed by atoms with van der Waals surface area (Å²) < 4.78 is 0. The zero-order valence-electron chi connectivity index (χ0n) is 12.3. The van der Waals surface area contributed by atoms with E-state index in [1.807, 2.05) is 0 Å². The molecule has 100 valence electrons. The lowest BCUT2D eigenvalue weighted by Crippen LogP contribution is -2.64. The third kappa shape index (κ3) is 3.23. The molecule has 0 aromatic carbocycles. The van der Waals surface area contributed by atoms with Gasteiger partial charge in [-0.2, -0.15) is 0 Å². The van der Waals surface area contributed by atoms with Crippen molar-refractivity contribution < 1.29 is 0 Å². The largest absolute Gasteiger partial charge is 0.311 e. The normalized spacial score (nSPS) is 36.2. The maximum Gasteiger partial charge on any atom is 0.0334 e. The Kier molecular flexibility index (Phi) is 3.57. The second-order valence-corrected chi connectivity index (χ2v) is 7.67. The molecule has 17 heavy (non-hydrogen) atoms. The van der Waals surface area contributed by atoms with Gasteiger partial charge in [-0.3, -0.25) is 4.90 Å². The van der Waals surface area contributed by atoms with Gasteiger partial charge in [0.1, 0.15) is 0 Å². The van der Waals surface area contributed by atoms with Crippen LogP contribution in [-0.4, -0.2) is 36.1 Å². The summed E-state index contributed by atoms with van der Waals surface area (Å²) in [5.41, 5.74) is 0.885. The predicted molar refractivity (Wildman–Crippen MR) is 74.2 cm³/mol. The van der Waals surface area contributed by atoms with Crippen LogP contribution in [0.3, 0.4) is 0 Å². The van der Waals surface area contributed by atoms with E-state index in [1.54, 1.807) is 0 Å². The molecule has 1 heterocycles. The van der Waals surface area contributed by atoms with Gasteiger partial charge in [0.25, 0.3) is 0 Å². The first-order valence-corrected chi connectivity index (χ1v) is 7.30. The lowest BCUT2D eigenvalue weighted by Gasteiger charge is -2.49. The van der Waals surface area contributed by atoms with Crippen LogP contribution >= 0.6 is 0 Å². The molecule has 0 aromatic heterocycles. The first-order valence-electron chi connectivity index (χ1n) is 7.30. The molecule has 1 saturated heterocycles. The zero-order valence-corrected chi connectivity index (χ0v) is 12.3. The van der Waals surface area contributed by atoms with Crippen LogP contribution in [0.1, 0.15) is 53.9 Å². The van der Waals surface area contributed by atoms with Crippen molar-refractivity contribution in [3.05, 3.63) is 0 Å². The van der Waals surface area contributed by atoms with Crippen LogP contribution in [0.4, 0.5) is 0 Å². The van der Waals surface area contributed by atoms with Gasteiger partial charge in [-0.05, 0) is 51.0 Å². The minimum atomic E-state index is 0.428. The monoisotopic (exact) mass is 238 g/mol. The molecule has 2 fully saturated rings. The quantitative estimate of drug-likeness (QED) is 0.813. The maximum absolute atomic E-state index is 3.68. The SMILES string of the molecule is CC1CN(CCC(C)(C)C)C(C)(C2CC2)CN1. The van der Waals surface area contributed by atoms with Gasteiger partial charge in [0.15, 0.2) is 0 Å². The van der Waals surface area contributed by atoms with E-state index >= 15 is 0 Å². The first-order chi connectivity index (χ1) is 7.81. The molecule has 1 saturated carbocycles. The van der Waals surface area contributed by atoms with Crippen LogP contribution in [0, 0.1) is 11.3 Å². The van der Waals surface area contributed by atoms with Crippen molar-refractivity contribution in [3.8, 4) is 0 Å². The number of hydrogen-bond acceptors (Lipinski definition) is 2. The number of nitrogens with one attached hydrogen (secondary N) is 1. The van der Waals surface area contributed by atoms with Crippen molar-refractivity contribution >= 4 is 0 Å². The number of hydrogen-bond donors (Lipinski definition) is 1. The van der Waals surface area contributed by atoms with Gasteiger partial charge < -0.3 is 5.32 Å². The van der Waals surface area contributed by atoms with E-state index in [0.29, 0.717) is 17.0 Å². The van der Waals surface area contributed by atoms with E-state index in [4.69, 9.17) is 0 Å². The third-order valence-corrected chi connectivity index (χ3v) is 4.61. The molecule has 2 heteroatoms. The summed E-state index contributed by atoms with van der Waals surface area (Å²) in [6, 6.07) is 0.654. The number of nitrogens with zero attached hydrogens (tertiary/aromatic N) is 1. The molecule has 0 amide bonds. The first kappa shape index (κ1) is 13.4. The molecule has 2 atom stereocenters. The van der Waals surface area contributed by atoms with E-state index in [0.717, 1.165) is 5.92 Å². The van der Waals surface area contributed by atoms with Gasteiger partial charge in [-0.25, -0.2) is 0 Å². The van der Waals surface area contributed by atoms with Crippen molar-refractivity contribution in [1.29, 1.82) is 0 Å². The summed E-state index contributed by atoms with van der Waals surface area (Å²) in [6.45, 7) is 15.5. The Balaban J connectivity index is 1.99. The highest BCUT2D eigenvalue weighted by molar-refractivity contribution is 5.04. The van der Waals surface area contributed by atoms with E-state index in [9.17, 15) is 0 Å². The molecule has 1 aliphatic heterocycles. The van der Waals surface area contributed by atoms with E-state index in [-0.39, 0.29) is 0 Å². The fraction of sp³-hybridized carbons (Fsp3) is 1.00. The second kappa shape index (κ2) is 4.55. The summed E-state index contributed by atoms with van der Waals surface area (Å²) in [7, 11) is 0. The van der Waals surface area contributed by atoms with Gasteiger partial charge in [0.2, 0.25) is 0 Å². The van der Waals surface area contributed by atoms with Crippen molar-refractivity contribution in [3.63, 3.8) is 0 Å². The average Bonchev–Trinajstić information content (AvgIpc) is 3.02. The third-order valence-electron chi connectivity index (χ3n) is 4.61. The van der Waals surface area contributed by atoms with Gasteiger partial charge >= 0.3 is 0 Å². The Morgan fingerprint density at radius 1 is 1.29 bits per heavy atom. The summed E-state index contributed by atoms with van der Waals surface area (Å²) in [4.78, 5) is 2.77. The van der Waals surface area contributed by atoms with Crippen LogP contribution in [0.25, 0.3) is 0 Å². The Morgan fingerprint density at radius 2 is 1.94 bits per heavy atom. The highest BCUT2D eigenvalue weighted by atomic mass is 15.3. The van der Waals surface area contributed by atoms with Crippen molar-refractivity contribution in [2.75, 3.05) is 19.6 Å². The minimum Gasteiger partial charge on any atom is -0.311 e. The highest BCUT2D eigenvalue weighted by Gasteiger charge is 2.47. The molecule has 0 bridgehead atoms. The molecule has 2 rings (SSSR count). The number of rotatable bonds is 3. The maximum atomic E-state index is 3.68. The Bertz CT molecular complexity index is 265. The minimum absolute atomic E-state index is 0.428. The molecular formula is C15H30N2. The molecule has 1 aliphatic carbocycles. The predicted octanol–water partition coefficient (Wildman–Crippen LogP) is 2.89.